The van der Waals surface area contributed by atoms with Crippen LogP contribution in [0.3, 0.4) is 0 Å². The van der Waals surface area contributed by atoms with Crippen molar-refractivity contribution in [2.24, 2.45) is 0 Å². The quantitative estimate of drug-likeness (QED) is 0.429. The molecule has 0 bridgehead atoms. The number of aliphatic hydroxyl groups excluding tert-OH is 1. The highest BCUT2D eigenvalue weighted by Crippen LogP contribution is 2.41. The third kappa shape index (κ3) is 4.27. The van der Waals surface area contributed by atoms with Gasteiger partial charge in [0.25, 0.3) is 0 Å². The van der Waals surface area contributed by atoms with E-state index >= 15 is 0 Å². The molecule has 2 fully saturated rings. The summed E-state index contributed by atoms with van der Waals surface area (Å²) >= 11 is 0. The molecule has 0 radical (unpaired) electrons. The van der Waals surface area contributed by atoms with Crippen LogP contribution in [0.1, 0.15) is 12.8 Å². The van der Waals surface area contributed by atoms with Crippen molar-refractivity contribution in [2.45, 2.75) is 18.9 Å². The molecule has 0 amide bonds. The number of aromatic nitrogens is 4. The zero-order valence-corrected chi connectivity index (χ0v) is 20.7. The van der Waals surface area contributed by atoms with Gasteiger partial charge in [-0.15, -0.1) is 0 Å². The maximum Gasteiger partial charge on any atom is 0.161 e. The molecule has 4 aromatic rings. The summed E-state index contributed by atoms with van der Waals surface area (Å²) in [6.07, 6.45) is 9.58. The zero-order chi connectivity index (χ0) is 24.5. The number of fused-ring (bicyclic) bond motifs is 3. The summed E-state index contributed by atoms with van der Waals surface area (Å²) in [6, 6.07) is 6.70. The molecule has 0 unspecified atom stereocenters. The molecule has 0 spiro atoms. The van der Waals surface area contributed by atoms with Gasteiger partial charge in [-0.1, -0.05) is 0 Å². The fraction of sp³-hybridized carbons (Fsp3) is 0.444. The van der Waals surface area contributed by atoms with Crippen LogP contribution < -0.4 is 9.64 Å². The lowest BCUT2D eigenvalue weighted by molar-refractivity contribution is 0.0747. The summed E-state index contributed by atoms with van der Waals surface area (Å²) in [5, 5.41) is 11.4. The van der Waals surface area contributed by atoms with E-state index in [-0.39, 0.29) is 6.61 Å². The van der Waals surface area contributed by atoms with Crippen molar-refractivity contribution in [1.82, 2.24) is 29.7 Å². The van der Waals surface area contributed by atoms with Gasteiger partial charge in [-0.05, 0) is 31.0 Å². The van der Waals surface area contributed by atoms with Crippen molar-refractivity contribution in [3.63, 3.8) is 0 Å². The lowest BCUT2D eigenvalue weighted by Gasteiger charge is -2.43. The van der Waals surface area contributed by atoms with E-state index in [1.165, 1.54) is 0 Å². The average Bonchev–Trinajstić information content (AvgIpc) is 3.32. The number of anilines is 1. The second-order valence-corrected chi connectivity index (χ2v) is 9.70. The minimum absolute atomic E-state index is 0.244. The van der Waals surface area contributed by atoms with Crippen LogP contribution in [0.15, 0.2) is 43.0 Å². The van der Waals surface area contributed by atoms with Crippen molar-refractivity contribution >= 4 is 27.6 Å². The first-order chi connectivity index (χ1) is 17.7. The summed E-state index contributed by atoms with van der Waals surface area (Å²) in [6.45, 7) is 7.24. The molecule has 0 atom stereocenters. The van der Waals surface area contributed by atoms with Crippen molar-refractivity contribution in [3.05, 3.63) is 43.0 Å². The van der Waals surface area contributed by atoms with Gasteiger partial charge < -0.3 is 19.7 Å². The summed E-state index contributed by atoms with van der Waals surface area (Å²) in [7, 11) is 1.72. The zero-order valence-electron chi connectivity index (χ0n) is 20.7. The van der Waals surface area contributed by atoms with Crippen molar-refractivity contribution < 1.29 is 9.84 Å². The third-order valence-electron chi connectivity index (χ3n) is 7.74. The smallest absolute Gasteiger partial charge is 0.161 e. The maximum atomic E-state index is 9.23. The summed E-state index contributed by atoms with van der Waals surface area (Å²) in [4.78, 5) is 24.5. The van der Waals surface area contributed by atoms with Gasteiger partial charge in [-0.3, -0.25) is 19.8 Å². The standard InChI is InChI=1S/C27H33N7O2/c1-36-24-18-30-27-25(21-15-22(29-17-23(21)31-27)19-3-2-6-28-16-19)26(24)34-7-4-20(5-8-34)33-11-9-32(10-12-33)13-14-35/h2-3,6,15-18,20,35H,4-5,7-14H2,1H3,(H,30,31). The van der Waals surface area contributed by atoms with Gasteiger partial charge in [-0.2, -0.15) is 0 Å². The SMILES string of the molecule is COc1cnc2[nH]c3cnc(-c4cccnc4)cc3c2c1N1CCC(N2CCN(CCO)CC2)CC1. The number of hydrogen-bond acceptors (Lipinski definition) is 8. The number of methoxy groups -OCH3 is 1. The van der Waals surface area contributed by atoms with Crippen LogP contribution in [0, 0.1) is 0 Å². The molecule has 0 aromatic carbocycles. The Hall–Kier alpha value is -3.27. The summed E-state index contributed by atoms with van der Waals surface area (Å²) in [5.41, 5.74) is 4.82. The van der Waals surface area contributed by atoms with Gasteiger partial charge in [0.15, 0.2) is 5.75 Å². The first-order valence-corrected chi connectivity index (χ1v) is 12.8. The van der Waals surface area contributed by atoms with Crippen LogP contribution in [0.4, 0.5) is 5.69 Å². The largest absolute Gasteiger partial charge is 0.493 e. The second-order valence-electron chi connectivity index (χ2n) is 9.70. The molecule has 36 heavy (non-hydrogen) atoms. The van der Waals surface area contributed by atoms with Gasteiger partial charge in [0.2, 0.25) is 0 Å². The molecule has 9 nitrogen and oxygen atoms in total. The predicted molar refractivity (Wildman–Crippen MR) is 142 cm³/mol. The van der Waals surface area contributed by atoms with E-state index in [1.807, 2.05) is 30.7 Å². The molecule has 9 heteroatoms. The number of aromatic amines is 1. The van der Waals surface area contributed by atoms with Crippen LogP contribution in [-0.2, 0) is 0 Å². The van der Waals surface area contributed by atoms with E-state index in [0.717, 1.165) is 103 Å². The Labute approximate surface area is 210 Å². The molecule has 2 aliphatic heterocycles. The fourth-order valence-corrected chi connectivity index (χ4v) is 5.81. The average molecular weight is 488 g/mol. The minimum Gasteiger partial charge on any atom is -0.493 e. The van der Waals surface area contributed by atoms with Gasteiger partial charge in [0, 0.05) is 75.2 Å². The first kappa shape index (κ1) is 23.1. The number of aliphatic hydroxyl groups is 1. The van der Waals surface area contributed by atoms with Crippen LogP contribution in [0.5, 0.6) is 5.75 Å². The highest BCUT2D eigenvalue weighted by molar-refractivity contribution is 6.14. The molecule has 6 heterocycles. The third-order valence-corrected chi connectivity index (χ3v) is 7.74. The lowest BCUT2D eigenvalue weighted by Crippen LogP contribution is -2.53. The number of H-pyrrole nitrogens is 1. The number of ether oxygens (including phenoxy) is 1. The van der Waals surface area contributed by atoms with E-state index in [0.29, 0.717) is 6.04 Å². The van der Waals surface area contributed by atoms with Gasteiger partial charge in [0.1, 0.15) is 5.65 Å². The lowest BCUT2D eigenvalue weighted by atomic mass is 10.0. The Morgan fingerprint density at radius 2 is 1.89 bits per heavy atom. The Bertz CT molecular complexity index is 1330. The summed E-state index contributed by atoms with van der Waals surface area (Å²) < 4.78 is 5.84. The Balaban J connectivity index is 1.29. The Morgan fingerprint density at radius 1 is 1.06 bits per heavy atom. The van der Waals surface area contributed by atoms with E-state index < -0.39 is 0 Å². The van der Waals surface area contributed by atoms with Gasteiger partial charge in [0.05, 0.1) is 48.4 Å². The molecule has 2 saturated heterocycles. The van der Waals surface area contributed by atoms with Crippen LogP contribution in [0.25, 0.3) is 33.2 Å². The monoisotopic (exact) mass is 487 g/mol. The number of pyridine rings is 3. The molecule has 2 aliphatic rings. The van der Waals surface area contributed by atoms with E-state index in [2.05, 4.69) is 40.7 Å². The number of nitrogens with zero attached hydrogens (tertiary/aromatic N) is 6. The number of nitrogens with one attached hydrogen (secondary N) is 1. The molecule has 2 N–H and O–H groups in total. The maximum absolute atomic E-state index is 9.23. The molecule has 188 valence electrons. The normalized spacial score (nSPS) is 18.3. The van der Waals surface area contributed by atoms with Gasteiger partial charge >= 0.3 is 0 Å². The Kier molecular flexibility index (Phi) is 6.43. The van der Waals surface area contributed by atoms with Crippen molar-refractivity contribution in [3.8, 4) is 17.0 Å². The van der Waals surface area contributed by atoms with Crippen LogP contribution >= 0.6 is 0 Å². The molecular formula is C27H33N7O2. The number of rotatable bonds is 6. The molecular weight excluding hydrogens is 454 g/mol. The highest BCUT2D eigenvalue weighted by atomic mass is 16.5. The highest BCUT2D eigenvalue weighted by Gasteiger charge is 2.30. The number of β-amino-alcohol motifs (C(OH)–C–C–N with tert-alkyl or cyclic N) is 1. The van der Waals surface area contributed by atoms with E-state index in [4.69, 9.17) is 4.74 Å². The molecule has 6 rings (SSSR count). The summed E-state index contributed by atoms with van der Waals surface area (Å²) in [5.74, 6) is 0.805. The number of piperazine rings is 1. The molecule has 4 aromatic heterocycles. The van der Waals surface area contributed by atoms with Crippen LogP contribution in [0.2, 0.25) is 0 Å². The van der Waals surface area contributed by atoms with Crippen molar-refractivity contribution in [2.75, 3.05) is 64.4 Å². The number of hydrogen-bond donors (Lipinski definition) is 2. The van der Waals surface area contributed by atoms with Crippen molar-refractivity contribution in [1.29, 1.82) is 0 Å². The minimum atomic E-state index is 0.244. The van der Waals surface area contributed by atoms with Gasteiger partial charge in [-0.25, -0.2) is 4.98 Å². The molecule has 0 aliphatic carbocycles. The Morgan fingerprint density at radius 3 is 2.61 bits per heavy atom. The van der Waals surface area contributed by atoms with E-state index in [1.54, 1.807) is 13.3 Å². The molecule has 0 saturated carbocycles. The predicted octanol–water partition coefficient (Wildman–Crippen LogP) is 2.76. The topological polar surface area (TPSA) is 93.6 Å². The fourth-order valence-electron chi connectivity index (χ4n) is 5.81. The first-order valence-electron chi connectivity index (χ1n) is 12.8. The van der Waals surface area contributed by atoms with Crippen LogP contribution in [-0.4, -0.2) is 100 Å². The second kappa shape index (κ2) is 10.0. The number of piperidine rings is 1. The van der Waals surface area contributed by atoms with E-state index in [9.17, 15) is 5.11 Å².